The average Bonchev–Trinajstić information content (AvgIpc) is 2.29. The van der Waals surface area contributed by atoms with E-state index >= 15 is 0 Å². The summed E-state index contributed by atoms with van der Waals surface area (Å²) in [5, 5.41) is 0. The van der Waals surface area contributed by atoms with E-state index in [2.05, 4.69) is 31.9 Å². The van der Waals surface area contributed by atoms with Crippen LogP contribution in [0.5, 0.6) is 0 Å². The molecule has 2 nitrogen and oxygen atoms in total. The van der Waals surface area contributed by atoms with Gasteiger partial charge in [0.25, 0.3) is 0 Å². The number of hydrogen-bond acceptors (Lipinski definition) is 2. The van der Waals surface area contributed by atoms with Crippen molar-refractivity contribution in [1.82, 2.24) is 0 Å². The van der Waals surface area contributed by atoms with Gasteiger partial charge in [0.1, 0.15) is 0 Å². The fourth-order valence-electron chi connectivity index (χ4n) is 3.20. The molecule has 94 valence electrons. The minimum absolute atomic E-state index is 0.646. The molecule has 2 N–H and O–H groups in total. The standard InChI is InChI=1S/C15H24N2/c1-11-7-4-5-10-14(11)17(3)15-12(2)8-6-9-13(15)16/h6,8-9,11,14H,4-5,7,10,16H2,1-3H3. The van der Waals surface area contributed by atoms with Gasteiger partial charge >= 0.3 is 0 Å². The molecule has 1 saturated carbocycles. The zero-order chi connectivity index (χ0) is 12.4. The second-order valence-electron chi connectivity index (χ2n) is 5.45. The van der Waals surface area contributed by atoms with Gasteiger partial charge in [0.2, 0.25) is 0 Å². The highest BCUT2D eigenvalue weighted by molar-refractivity contribution is 5.71. The monoisotopic (exact) mass is 232 g/mol. The predicted octanol–water partition coefficient (Wildman–Crippen LogP) is 3.59. The Kier molecular flexibility index (Phi) is 3.60. The third kappa shape index (κ3) is 2.41. The Balaban J connectivity index is 2.26. The summed E-state index contributed by atoms with van der Waals surface area (Å²) in [6, 6.07) is 6.83. The molecule has 17 heavy (non-hydrogen) atoms. The molecule has 0 amide bonds. The van der Waals surface area contributed by atoms with Crippen molar-refractivity contribution < 1.29 is 0 Å². The Morgan fingerprint density at radius 1 is 1.24 bits per heavy atom. The number of benzene rings is 1. The van der Waals surface area contributed by atoms with Crippen molar-refractivity contribution in [2.75, 3.05) is 17.7 Å². The molecule has 1 fully saturated rings. The van der Waals surface area contributed by atoms with Gasteiger partial charge in [0, 0.05) is 13.1 Å². The smallest absolute Gasteiger partial charge is 0.0629 e. The molecule has 0 bridgehead atoms. The molecule has 1 aromatic carbocycles. The highest BCUT2D eigenvalue weighted by Gasteiger charge is 2.26. The number of rotatable bonds is 2. The summed E-state index contributed by atoms with van der Waals surface area (Å²) >= 11 is 0. The lowest BCUT2D eigenvalue weighted by molar-refractivity contribution is 0.321. The number of nitrogens with zero attached hydrogens (tertiary/aromatic N) is 1. The minimum Gasteiger partial charge on any atom is -0.397 e. The molecule has 1 aliphatic rings. The topological polar surface area (TPSA) is 29.3 Å². The number of nitrogen functional groups attached to an aromatic ring is 1. The van der Waals surface area contributed by atoms with Crippen molar-refractivity contribution in [3.05, 3.63) is 23.8 Å². The molecule has 0 radical (unpaired) electrons. The second kappa shape index (κ2) is 4.99. The van der Waals surface area contributed by atoms with E-state index in [-0.39, 0.29) is 0 Å². The van der Waals surface area contributed by atoms with E-state index in [4.69, 9.17) is 5.73 Å². The Bertz CT molecular complexity index is 366. The summed E-state index contributed by atoms with van der Waals surface area (Å²) in [6.07, 6.45) is 5.38. The summed E-state index contributed by atoms with van der Waals surface area (Å²) < 4.78 is 0. The van der Waals surface area contributed by atoms with Crippen LogP contribution in [-0.2, 0) is 0 Å². The van der Waals surface area contributed by atoms with Crippen molar-refractivity contribution in [3.8, 4) is 0 Å². The van der Waals surface area contributed by atoms with Crippen LogP contribution in [0.4, 0.5) is 11.4 Å². The summed E-state index contributed by atoms with van der Waals surface area (Å²) in [5.74, 6) is 0.771. The van der Waals surface area contributed by atoms with Crippen LogP contribution in [0.1, 0.15) is 38.2 Å². The zero-order valence-corrected chi connectivity index (χ0v) is 11.2. The lowest BCUT2D eigenvalue weighted by Crippen LogP contribution is -2.39. The fourth-order valence-corrected chi connectivity index (χ4v) is 3.20. The predicted molar refractivity (Wildman–Crippen MR) is 75.4 cm³/mol. The van der Waals surface area contributed by atoms with Gasteiger partial charge < -0.3 is 10.6 Å². The number of aryl methyl sites for hydroxylation is 1. The molecular weight excluding hydrogens is 208 g/mol. The van der Waals surface area contributed by atoms with Crippen LogP contribution in [0, 0.1) is 12.8 Å². The third-order valence-electron chi connectivity index (χ3n) is 4.19. The quantitative estimate of drug-likeness (QED) is 0.790. The van der Waals surface area contributed by atoms with Crippen LogP contribution in [-0.4, -0.2) is 13.1 Å². The first-order valence-corrected chi connectivity index (χ1v) is 6.69. The van der Waals surface area contributed by atoms with Crippen molar-refractivity contribution >= 4 is 11.4 Å². The first kappa shape index (κ1) is 12.3. The van der Waals surface area contributed by atoms with Gasteiger partial charge in [-0.25, -0.2) is 0 Å². The molecule has 0 saturated heterocycles. The van der Waals surface area contributed by atoms with Crippen LogP contribution in [0.15, 0.2) is 18.2 Å². The van der Waals surface area contributed by atoms with Crippen molar-refractivity contribution in [2.24, 2.45) is 5.92 Å². The van der Waals surface area contributed by atoms with E-state index in [9.17, 15) is 0 Å². The van der Waals surface area contributed by atoms with Crippen molar-refractivity contribution in [1.29, 1.82) is 0 Å². The van der Waals surface area contributed by atoms with Crippen molar-refractivity contribution in [3.63, 3.8) is 0 Å². The molecule has 2 atom stereocenters. The lowest BCUT2D eigenvalue weighted by Gasteiger charge is -2.38. The first-order chi connectivity index (χ1) is 8.11. The first-order valence-electron chi connectivity index (χ1n) is 6.69. The van der Waals surface area contributed by atoms with Crippen LogP contribution in [0.3, 0.4) is 0 Å². The SMILES string of the molecule is Cc1cccc(N)c1N(C)C1CCCCC1C. The van der Waals surface area contributed by atoms with Gasteiger partial charge in [-0.1, -0.05) is 31.9 Å². The number of anilines is 2. The average molecular weight is 232 g/mol. The molecule has 0 heterocycles. The van der Waals surface area contributed by atoms with Crippen LogP contribution < -0.4 is 10.6 Å². The number of para-hydroxylation sites is 1. The van der Waals surface area contributed by atoms with E-state index in [0.29, 0.717) is 6.04 Å². The van der Waals surface area contributed by atoms with Gasteiger partial charge in [0.15, 0.2) is 0 Å². The highest BCUT2D eigenvalue weighted by atomic mass is 15.1. The second-order valence-corrected chi connectivity index (χ2v) is 5.45. The molecule has 1 aliphatic carbocycles. The maximum atomic E-state index is 6.13. The molecule has 0 aromatic heterocycles. The van der Waals surface area contributed by atoms with Gasteiger partial charge in [-0.15, -0.1) is 0 Å². The summed E-state index contributed by atoms with van der Waals surface area (Å²) in [4.78, 5) is 2.41. The normalized spacial score (nSPS) is 24.6. The molecular formula is C15H24N2. The highest BCUT2D eigenvalue weighted by Crippen LogP contribution is 2.34. The summed E-state index contributed by atoms with van der Waals surface area (Å²) in [6.45, 7) is 4.52. The van der Waals surface area contributed by atoms with Crippen LogP contribution >= 0.6 is 0 Å². The largest absolute Gasteiger partial charge is 0.397 e. The van der Waals surface area contributed by atoms with E-state index < -0.39 is 0 Å². The van der Waals surface area contributed by atoms with E-state index in [1.807, 2.05) is 12.1 Å². The van der Waals surface area contributed by atoms with E-state index in [1.165, 1.54) is 36.9 Å². The maximum Gasteiger partial charge on any atom is 0.0629 e. The Morgan fingerprint density at radius 2 is 1.94 bits per heavy atom. The molecule has 2 rings (SSSR count). The number of nitrogens with two attached hydrogens (primary N) is 1. The maximum absolute atomic E-state index is 6.13. The Labute approximate surface area is 105 Å². The third-order valence-corrected chi connectivity index (χ3v) is 4.19. The van der Waals surface area contributed by atoms with E-state index in [0.717, 1.165) is 11.6 Å². The van der Waals surface area contributed by atoms with Crippen LogP contribution in [0.25, 0.3) is 0 Å². The van der Waals surface area contributed by atoms with Crippen molar-refractivity contribution in [2.45, 2.75) is 45.6 Å². The zero-order valence-electron chi connectivity index (χ0n) is 11.2. The molecule has 0 aliphatic heterocycles. The minimum atomic E-state index is 0.646. The van der Waals surface area contributed by atoms with Gasteiger partial charge in [-0.2, -0.15) is 0 Å². The molecule has 0 spiro atoms. The van der Waals surface area contributed by atoms with Gasteiger partial charge in [0.05, 0.1) is 11.4 Å². The van der Waals surface area contributed by atoms with E-state index in [1.54, 1.807) is 0 Å². The lowest BCUT2D eigenvalue weighted by atomic mass is 9.84. The molecule has 1 aromatic rings. The summed E-state index contributed by atoms with van der Waals surface area (Å²) in [7, 11) is 2.20. The molecule has 2 unspecified atom stereocenters. The Hall–Kier alpha value is -1.18. The van der Waals surface area contributed by atoms with Gasteiger partial charge in [-0.05, 0) is 37.3 Å². The number of hydrogen-bond donors (Lipinski definition) is 1. The fraction of sp³-hybridized carbons (Fsp3) is 0.600. The molecule has 2 heteroatoms. The summed E-state index contributed by atoms with van der Waals surface area (Å²) in [5.41, 5.74) is 9.55. The van der Waals surface area contributed by atoms with Gasteiger partial charge in [-0.3, -0.25) is 0 Å². The van der Waals surface area contributed by atoms with Crippen LogP contribution in [0.2, 0.25) is 0 Å². The Morgan fingerprint density at radius 3 is 2.59 bits per heavy atom.